The molecule has 1 fully saturated rings. The lowest BCUT2D eigenvalue weighted by Crippen LogP contribution is -2.58. The van der Waals surface area contributed by atoms with Gasteiger partial charge in [0.05, 0.1) is 12.7 Å². The van der Waals surface area contributed by atoms with Crippen LogP contribution in [0.2, 0.25) is 36.3 Å². The molecule has 190 valence electrons. The second-order valence-corrected chi connectivity index (χ2v) is 21.6. The zero-order chi connectivity index (χ0) is 25.6. The molecule has 33 heavy (non-hydrogen) atoms. The second-order valence-electron chi connectivity index (χ2n) is 12.0. The maximum Gasteiger partial charge on any atom is 0.330 e. The summed E-state index contributed by atoms with van der Waals surface area (Å²) in [7, 11) is -4.86. The molecule has 11 heteroatoms. The molecular formula is C22H40F2N2O5Si2. The number of aromatic nitrogens is 2. The molecule has 0 aliphatic carbocycles. The van der Waals surface area contributed by atoms with Crippen molar-refractivity contribution in [3.05, 3.63) is 33.1 Å². The Hall–Kier alpha value is -1.15. The molecule has 2 heterocycles. The first-order valence-corrected chi connectivity index (χ1v) is 17.1. The van der Waals surface area contributed by atoms with Crippen molar-refractivity contribution in [2.24, 2.45) is 0 Å². The number of nitrogens with one attached hydrogen (secondary N) is 1. The van der Waals surface area contributed by atoms with E-state index < -0.39 is 52.2 Å². The molecule has 0 bridgehead atoms. The Morgan fingerprint density at radius 3 is 2.12 bits per heavy atom. The van der Waals surface area contributed by atoms with Crippen LogP contribution in [0.5, 0.6) is 0 Å². The minimum absolute atomic E-state index is 0.0453. The van der Waals surface area contributed by atoms with Gasteiger partial charge in [0, 0.05) is 18.7 Å². The normalized spacial score (nSPS) is 25.1. The summed E-state index contributed by atoms with van der Waals surface area (Å²) in [6.07, 6.45) is -3.58. The molecule has 0 unspecified atom stereocenters. The van der Waals surface area contributed by atoms with Crippen LogP contribution in [0.25, 0.3) is 0 Å². The monoisotopic (exact) mass is 506 g/mol. The minimum Gasteiger partial charge on any atom is -0.414 e. The van der Waals surface area contributed by atoms with Crippen molar-refractivity contribution in [1.82, 2.24) is 9.55 Å². The molecule has 3 atom stereocenters. The van der Waals surface area contributed by atoms with Gasteiger partial charge in [-0.15, -0.1) is 0 Å². The maximum absolute atomic E-state index is 14.8. The van der Waals surface area contributed by atoms with Gasteiger partial charge < -0.3 is 13.6 Å². The molecule has 0 spiro atoms. The molecule has 1 aliphatic heterocycles. The fraction of sp³-hybridized carbons (Fsp3) is 0.818. The van der Waals surface area contributed by atoms with Crippen LogP contribution in [0.1, 0.15) is 54.2 Å². The number of rotatable bonds is 7. The number of H-pyrrole nitrogens is 1. The quantitative estimate of drug-likeness (QED) is 0.534. The Morgan fingerprint density at radius 1 is 1.12 bits per heavy atom. The number of nitrogens with zero attached hydrogens (tertiary/aromatic N) is 1. The van der Waals surface area contributed by atoms with Crippen molar-refractivity contribution >= 4 is 16.6 Å². The van der Waals surface area contributed by atoms with Crippen molar-refractivity contribution in [3.8, 4) is 0 Å². The van der Waals surface area contributed by atoms with Gasteiger partial charge in [0.25, 0.3) is 12.0 Å². The van der Waals surface area contributed by atoms with E-state index in [0.29, 0.717) is 0 Å². The van der Waals surface area contributed by atoms with Gasteiger partial charge in [-0.25, -0.2) is 13.6 Å². The van der Waals surface area contributed by atoms with E-state index in [9.17, 15) is 18.4 Å². The zero-order valence-corrected chi connectivity index (χ0v) is 23.5. The maximum atomic E-state index is 14.8. The fourth-order valence-electron chi connectivity index (χ4n) is 3.16. The highest BCUT2D eigenvalue weighted by Crippen LogP contribution is 2.48. The first-order valence-electron chi connectivity index (χ1n) is 11.3. The highest BCUT2D eigenvalue weighted by atomic mass is 28.4. The van der Waals surface area contributed by atoms with Crippen molar-refractivity contribution in [3.63, 3.8) is 0 Å². The summed E-state index contributed by atoms with van der Waals surface area (Å²) < 4.78 is 49.5. The molecule has 1 aliphatic rings. The number of aromatic amines is 1. The van der Waals surface area contributed by atoms with Crippen LogP contribution < -0.4 is 11.2 Å². The van der Waals surface area contributed by atoms with Crippen LogP contribution in [0.4, 0.5) is 8.78 Å². The molecule has 0 amide bonds. The first-order chi connectivity index (χ1) is 14.7. The summed E-state index contributed by atoms with van der Waals surface area (Å²) in [6, 6.07) is 1.17. The predicted molar refractivity (Wildman–Crippen MR) is 130 cm³/mol. The third-order valence-electron chi connectivity index (χ3n) is 7.55. The Morgan fingerprint density at radius 2 is 1.67 bits per heavy atom. The SMILES string of the molecule is CC(C)(C)[Si](C)(C)OC[C@@]1(C(F)F)O[C@@H](n2ccc(=O)[nH]c2=O)C[C@@H]1O[Si](C)(C)C(C)(C)C. The van der Waals surface area contributed by atoms with E-state index in [1.165, 1.54) is 12.3 Å². The van der Waals surface area contributed by atoms with Gasteiger partial charge in [-0.1, -0.05) is 41.5 Å². The molecule has 0 saturated carbocycles. The third kappa shape index (κ3) is 5.75. The fourth-order valence-corrected chi connectivity index (χ4v) is 5.54. The zero-order valence-electron chi connectivity index (χ0n) is 21.5. The Bertz CT molecular complexity index is 950. The predicted octanol–water partition coefficient (Wildman–Crippen LogP) is 4.87. The largest absolute Gasteiger partial charge is 0.414 e. The highest BCUT2D eigenvalue weighted by Gasteiger charge is 2.60. The van der Waals surface area contributed by atoms with Gasteiger partial charge >= 0.3 is 5.69 Å². The molecule has 0 aromatic carbocycles. The topological polar surface area (TPSA) is 82.5 Å². The van der Waals surface area contributed by atoms with E-state index in [1.807, 2.05) is 67.7 Å². The summed E-state index contributed by atoms with van der Waals surface area (Å²) >= 11 is 0. The molecule has 0 radical (unpaired) electrons. The van der Waals surface area contributed by atoms with E-state index >= 15 is 0 Å². The number of halogens is 2. The number of hydrogen-bond acceptors (Lipinski definition) is 5. The summed E-state index contributed by atoms with van der Waals surface area (Å²) in [4.78, 5) is 26.1. The average molecular weight is 507 g/mol. The van der Waals surface area contributed by atoms with Gasteiger partial charge in [-0.05, 0) is 36.3 Å². The van der Waals surface area contributed by atoms with Crippen LogP contribution in [0.3, 0.4) is 0 Å². The van der Waals surface area contributed by atoms with E-state index in [-0.39, 0.29) is 23.1 Å². The lowest BCUT2D eigenvalue weighted by atomic mass is 9.98. The number of ether oxygens (including phenoxy) is 1. The van der Waals surface area contributed by atoms with Crippen molar-refractivity contribution < 1.29 is 22.4 Å². The van der Waals surface area contributed by atoms with E-state index in [2.05, 4.69) is 4.98 Å². The van der Waals surface area contributed by atoms with E-state index in [4.69, 9.17) is 13.6 Å². The molecule has 2 rings (SSSR count). The number of alkyl halides is 2. The van der Waals surface area contributed by atoms with Crippen LogP contribution >= 0.6 is 0 Å². The van der Waals surface area contributed by atoms with Crippen molar-refractivity contribution in [2.45, 2.75) is 109 Å². The van der Waals surface area contributed by atoms with E-state index in [0.717, 1.165) is 4.57 Å². The molecule has 1 saturated heterocycles. The summed E-state index contributed by atoms with van der Waals surface area (Å²) in [6.45, 7) is 19.9. The summed E-state index contributed by atoms with van der Waals surface area (Å²) in [5, 5.41) is -0.395. The molecule has 1 aromatic rings. The molecule has 7 nitrogen and oxygen atoms in total. The van der Waals surface area contributed by atoms with Crippen molar-refractivity contribution in [2.75, 3.05) is 6.61 Å². The highest BCUT2D eigenvalue weighted by molar-refractivity contribution is 6.74. The van der Waals surface area contributed by atoms with Gasteiger partial charge in [0.1, 0.15) is 6.23 Å². The minimum atomic E-state index is -2.90. The average Bonchev–Trinajstić information content (AvgIpc) is 2.97. The van der Waals surface area contributed by atoms with Crippen molar-refractivity contribution in [1.29, 1.82) is 0 Å². The van der Waals surface area contributed by atoms with E-state index in [1.54, 1.807) is 0 Å². The smallest absolute Gasteiger partial charge is 0.330 e. The standard InChI is InChI=1S/C22H40F2N2O5Si2/c1-20(2,3)32(7,8)29-14-22(18(23)24)15(31-33(9,10)21(4,5)6)13-17(30-22)26-12-11-16(27)25-19(26)28/h11-12,15,17-18H,13-14H2,1-10H3,(H,25,27,28)/t15-,17+,22+/m0/s1. The van der Waals surface area contributed by atoms with Gasteiger partial charge in [0.15, 0.2) is 22.2 Å². The lowest BCUT2D eigenvalue weighted by molar-refractivity contribution is -0.191. The molecular weight excluding hydrogens is 466 g/mol. The van der Waals surface area contributed by atoms with Gasteiger partial charge in [-0.2, -0.15) is 0 Å². The Balaban J connectivity index is 2.52. The van der Waals surface area contributed by atoms with Crippen LogP contribution in [0, 0.1) is 0 Å². The Labute approximate surface area is 197 Å². The molecule has 1 N–H and O–H groups in total. The lowest BCUT2D eigenvalue weighted by Gasteiger charge is -2.44. The van der Waals surface area contributed by atoms with Crippen LogP contribution in [-0.2, 0) is 13.6 Å². The van der Waals surface area contributed by atoms with Gasteiger partial charge in [-0.3, -0.25) is 14.3 Å². The summed E-state index contributed by atoms with van der Waals surface area (Å²) in [5.74, 6) is 0. The molecule has 1 aromatic heterocycles. The van der Waals surface area contributed by atoms with Gasteiger partial charge in [0.2, 0.25) is 0 Å². The first kappa shape index (κ1) is 28.1. The van der Waals surface area contributed by atoms with Crippen LogP contribution in [0.15, 0.2) is 21.9 Å². The third-order valence-corrected chi connectivity index (χ3v) is 16.5. The number of hydrogen-bond donors (Lipinski definition) is 1. The Kier molecular flexibility index (Phi) is 7.78. The second kappa shape index (κ2) is 9.14. The summed E-state index contributed by atoms with van der Waals surface area (Å²) in [5.41, 5.74) is -3.32. The van der Waals surface area contributed by atoms with Crippen LogP contribution in [-0.4, -0.2) is 50.9 Å².